The number of rotatable bonds is 6. The molecule has 0 heterocycles. The van der Waals surface area contributed by atoms with E-state index in [1.165, 1.54) is 0 Å². The third-order valence-electron chi connectivity index (χ3n) is 2.35. The fourth-order valence-corrected chi connectivity index (χ4v) is 1.52. The molecule has 0 saturated carbocycles. The molecule has 0 aliphatic heterocycles. The average Bonchev–Trinajstić information content (AvgIpc) is 2.33. The molecule has 0 aromatic heterocycles. The molecule has 4 heteroatoms. The van der Waals surface area contributed by atoms with Gasteiger partial charge in [-0.25, -0.2) is 0 Å². The zero-order valence-electron chi connectivity index (χ0n) is 10.2. The molecule has 1 aromatic rings. The zero-order valence-corrected chi connectivity index (χ0v) is 10.2. The third kappa shape index (κ3) is 3.75. The highest BCUT2D eigenvalue weighted by molar-refractivity contribution is 5.78. The van der Waals surface area contributed by atoms with Crippen LogP contribution in [0, 0.1) is 0 Å². The highest BCUT2D eigenvalue weighted by Gasteiger charge is 2.20. The van der Waals surface area contributed by atoms with Crippen LogP contribution in [-0.2, 0) is 9.53 Å². The molecule has 0 aliphatic rings. The van der Waals surface area contributed by atoms with E-state index in [2.05, 4.69) is 0 Å². The molecule has 17 heavy (non-hydrogen) atoms. The van der Waals surface area contributed by atoms with Crippen LogP contribution in [0.5, 0.6) is 5.75 Å². The highest BCUT2D eigenvalue weighted by atomic mass is 16.5. The summed E-state index contributed by atoms with van der Waals surface area (Å²) < 4.78 is 10.2. The van der Waals surface area contributed by atoms with Crippen LogP contribution in [0.4, 0.5) is 0 Å². The normalized spacial score (nSPS) is 11.9. The topological polar surface area (TPSA) is 55.8 Å². The van der Waals surface area contributed by atoms with E-state index in [9.17, 15) is 9.90 Å². The first kappa shape index (κ1) is 13.5. The van der Waals surface area contributed by atoms with E-state index in [1.807, 2.05) is 6.92 Å². The standard InChI is InChI=1S/C13H18O4/c1-3-16-11-7-5-10(6-8-11)12(9-14)13(15)17-4-2/h5-8,12,14H,3-4,9H2,1-2H3. The van der Waals surface area contributed by atoms with Crippen LogP contribution < -0.4 is 4.74 Å². The first-order valence-corrected chi connectivity index (χ1v) is 5.73. The van der Waals surface area contributed by atoms with Gasteiger partial charge in [0, 0.05) is 0 Å². The van der Waals surface area contributed by atoms with Crippen LogP contribution in [0.3, 0.4) is 0 Å². The van der Waals surface area contributed by atoms with E-state index in [0.29, 0.717) is 13.2 Å². The van der Waals surface area contributed by atoms with Gasteiger partial charge >= 0.3 is 5.97 Å². The van der Waals surface area contributed by atoms with Crippen molar-refractivity contribution in [1.29, 1.82) is 0 Å². The lowest BCUT2D eigenvalue weighted by atomic mass is 10.0. The molecular formula is C13H18O4. The van der Waals surface area contributed by atoms with Crippen molar-refractivity contribution in [2.75, 3.05) is 19.8 Å². The molecule has 0 saturated heterocycles. The van der Waals surface area contributed by atoms with Gasteiger partial charge < -0.3 is 14.6 Å². The molecule has 4 nitrogen and oxygen atoms in total. The summed E-state index contributed by atoms with van der Waals surface area (Å²) in [6.45, 7) is 4.30. The van der Waals surface area contributed by atoms with Crippen LogP contribution in [-0.4, -0.2) is 30.9 Å². The number of aliphatic hydroxyl groups excluding tert-OH is 1. The Morgan fingerprint density at radius 2 is 1.88 bits per heavy atom. The number of aliphatic hydroxyl groups is 1. The van der Waals surface area contributed by atoms with Crippen molar-refractivity contribution in [3.63, 3.8) is 0 Å². The van der Waals surface area contributed by atoms with E-state index in [-0.39, 0.29) is 6.61 Å². The van der Waals surface area contributed by atoms with Crippen molar-refractivity contribution >= 4 is 5.97 Å². The predicted molar refractivity (Wildman–Crippen MR) is 64.1 cm³/mol. The Hall–Kier alpha value is -1.55. The van der Waals surface area contributed by atoms with Gasteiger partial charge in [-0.05, 0) is 31.5 Å². The Bertz CT molecular complexity index is 345. The van der Waals surface area contributed by atoms with Gasteiger partial charge in [0.25, 0.3) is 0 Å². The first-order chi connectivity index (χ1) is 8.22. The lowest BCUT2D eigenvalue weighted by Crippen LogP contribution is -2.19. The van der Waals surface area contributed by atoms with Crippen LogP contribution in [0.25, 0.3) is 0 Å². The fraction of sp³-hybridized carbons (Fsp3) is 0.462. The maximum atomic E-state index is 11.6. The van der Waals surface area contributed by atoms with Gasteiger partial charge in [-0.1, -0.05) is 12.1 Å². The van der Waals surface area contributed by atoms with Gasteiger partial charge in [0.1, 0.15) is 11.7 Å². The molecule has 1 rings (SSSR count). The molecule has 0 amide bonds. The average molecular weight is 238 g/mol. The van der Waals surface area contributed by atoms with E-state index >= 15 is 0 Å². The van der Waals surface area contributed by atoms with E-state index in [1.54, 1.807) is 31.2 Å². The lowest BCUT2D eigenvalue weighted by Gasteiger charge is -2.13. The van der Waals surface area contributed by atoms with Gasteiger partial charge in [0.2, 0.25) is 0 Å². The molecule has 0 spiro atoms. The third-order valence-corrected chi connectivity index (χ3v) is 2.35. The van der Waals surface area contributed by atoms with E-state index in [0.717, 1.165) is 11.3 Å². The minimum atomic E-state index is -0.620. The molecule has 94 valence electrons. The smallest absolute Gasteiger partial charge is 0.315 e. The van der Waals surface area contributed by atoms with Crippen molar-refractivity contribution in [3.8, 4) is 5.75 Å². The number of esters is 1. The van der Waals surface area contributed by atoms with E-state index < -0.39 is 11.9 Å². The van der Waals surface area contributed by atoms with E-state index in [4.69, 9.17) is 9.47 Å². The molecule has 0 fully saturated rings. The highest BCUT2D eigenvalue weighted by Crippen LogP contribution is 2.20. The lowest BCUT2D eigenvalue weighted by molar-refractivity contribution is -0.145. The van der Waals surface area contributed by atoms with Crippen molar-refractivity contribution in [1.82, 2.24) is 0 Å². The number of benzene rings is 1. The Morgan fingerprint density at radius 1 is 1.24 bits per heavy atom. The summed E-state index contributed by atoms with van der Waals surface area (Å²) in [4.78, 5) is 11.6. The van der Waals surface area contributed by atoms with Crippen LogP contribution in [0.2, 0.25) is 0 Å². The van der Waals surface area contributed by atoms with Crippen molar-refractivity contribution in [2.24, 2.45) is 0 Å². The van der Waals surface area contributed by atoms with Crippen molar-refractivity contribution in [3.05, 3.63) is 29.8 Å². The summed E-state index contributed by atoms with van der Waals surface area (Å²) in [7, 11) is 0. The van der Waals surface area contributed by atoms with Gasteiger partial charge in [-0.2, -0.15) is 0 Å². The molecular weight excluding hydrogens is 220 g/mol. The molecule has 0 aliphatic carbocycles. The Morgan fingerprint density at radius 3 is 2.35 bits per heavy atom. The minimum absolute atomic E-state index is 0.257. The van der Waals surface area contributed by atoms with Crippen LogP contribution >= 0.6 is 0 Å². The second-order valence-corrected chi connectivity index (χ2v) is 3.49. The summed E-state index contributed by atoms with van der Waals surface area (Å²) in [5.41, 5.74) is 0.731. The molecule has 1 N–H and O–H groups in total. The number of carbonyl (C=O) groups excluding carboxylic acids is 1. The van der Waals surface area contributed by atoms with Gasteiger partial charge in [-0.15, -0.1) is 0 Å². The minimum Gasteiger partial charge on any atom is -0.494 e. The second-order valence-electron chi connectivity index (χ2n) is 3.49. The Labute approximate surface area is 101 Å². The maximum Gasteiger partial charge on any atom is 0.315 e. The van der Waals surface area contributed by atoms with Crippen molar-refractivity contribution in [2.45, 2.75) is 19.8 Å². The summed E-state index contributed by atoms with van der Waals surface area (Å²) in [5, 5.41) is 9.22. The number of hydrogen-bond acceptors (Lipinski definition) is 4. The monoisotopic (exact) mass is 238 g/mol. The molecule has 1 atom stereocenters. The zero-order chi connectivity index (χ0) is 12.7. The second kappa shape index (κ2) is 6.91. The molecule has 1 unspecified atom stereocenters. The molecule has 0 bridgehead atoms. The summed E-state index contributed by atoms with van der Waals surface area (Å²) in [6, 6.07) is 7.09. The van der Waals surface area contributed by atoms with Gasteiger partial charge in [0.05, 0.1) is 19.8 Å². The fourth-order valence-electron chi connectivity index (χ4n) is 1.52. The molecule has 1 aromatic carbocycles. The Balaban J connectivity index is 2.78. The van der Waals surface area contributed by atoms with Gasteiger partial charge in [0.15, 0.2) is 0 Å². The summed E-state index contributed by atoms with van der Waals surface area (Å²) in [6.07, 6.45) is 0. The number of ether oxygens (including phenoxy) is 2. The predicted octanol–water partition coefficient (Wildman–Crippen LogP) is 1.72. The largest absolute Gasteiger partial charge is 0.494 e. The summed E-state index contributed by atoms with van der Waals surface area (Å²) in [5.74, 6) is -0.276. The van der Waals surface area contributed by atoms with Gasteiger partial charge in [-0.3, -0.25) is 4.79 Å². The van der Waals surface area contributed by atoms with Crippen LogP contribution in [0.1, 0.15) is 25.3 Å². The first-order valence-electron chi connectivity index (χ1n) is 5.73. The Kier molecular flexibility index (Phi) is 5.49. The number of hydrogen-bond donors (Lipinski definition) is 1. The van der Waals surface area contributed by atoms with Crippen molar-refractivity contribution < 1.29 is 19.4 Å². The SMILES string of the molecule is CCOC(=O)C(CO)c1ccc(OCC)cc1. The molecule has 0 radical (unpaired) electrons. The van der Waals surface area contributed by atoms with Crippen LogP contribution in [0.15, 0.2) is 24.3 Å². The number of carbonyl (C=O) groups is 1. The maximum absolute atomic E-state index is 11.6. The quantitative estimate of drug-likeness (QED) is 0.767. The summed E-state index contributed by atoms with van der Waals surface area (Å²) >= 11 is 0.